The van der Waals surface area contributed by atoms with Crippen LogP contribution in [0.15, 0.2) is 56.9 Å². The minimum absolute atomic E-state index is 0.152. The SMILES string of the molecule is COCCn1c(SCc2noc(-c3ccccc3Cl)n2)nc2cc(Cl)ccc2c1=O. The number of ether oxygens (including phenoxy) is 1. The molecule has 30 heavy (non-hydrogen) atoms. The molecule has 0 aliphatic rings. The van der Waals surface area contributed by atoms with E-state index in [1.807, 2.05) is 18.2 Å². The Morgan fingerprint density at radius 3 is 2.80 bits per heavy atom. The summed E-state index contributed by atoms with van der Waals surface area (Å²) in [6, 6.07) is 12.3. The maximum Gasteiger partial charge on any atom is 0.262 e. The zero-order valence-electron chi connectivity index (χ0n) is 15.8. The van der Waals surface area contributed by atoms with Crippen molar-refractivity contribution in [1.29, 1.82) is 0 Å². The molecule has 4 aromatic rings. The van der Waals surface area contributed by atoms with Gasteiger partial charge in [0.15, 0.2) is 11.0 Å². The number of nitrogens with zero attached hydrogens (tertiary/aromatic N) is 4. The van der Waals surface area contributed by atoms with Crippen LogP contribution < -0.4 is 5.56 Å². The number of benzene rings is 2. The fourth-order valence-corrected chi connectivity index (χ4v) is 4.10. The Kier molecular flexibility index (Phi) is 6.38. The largest absolute Gasteiger partial charge is 0.383 e. The van der Waals surface area contributed by atoms with E-state index < -0.39 is 0 Å². The summed E-state index contributed by atoms with van der Waals surface area (Å²) in [5, 5.41) is 6.08. The van der Waals surface area contributed by atoms with E-state index >= 15 is 0 Å². The summed E-state index contributed by atoms with van der Waals surface area (Å²) in [7, 11) is 1.58. The lowest BCUT2D eigenvalue weighted by Crippen LogP contribution is -2.25. The van der Waals surface area contributed by atoms with Crippen LogP contribution in [-0.4, -0.2) is 33.4 Å². The zero-order chi connectivity index (χ0) is 21.1. The Morgan fingerprint density at radius 1 is 1.17 bits per heavy atom. The summed E-state index contributed by atoms with van der Waals surface area (Å²) in [5.41, 5.74) is 1.05. The molecule has 0 aliphatic carbocycles. The molecule has 0 radical (unpaired) electrons. The quantitative estimate of drug-likeness (QED) is 0.290. The van der Waals surface area contributed by atoms with E-state index in [-0.39, 0.29) is 5.56 Å². The molecule has 0 amide bonds. The van der Waals surface area contributed by atoms with Crippen molar-refractivity contribution in [2.75, 3.05) is 13.7 Å². The first kappa shape index (κ1) is 20.9. The summed E-state index contributed by atoms with van der Waals surface area (Å²) < 4.78 is 12.1. The van der Waals surface area contributed by atoms with Gasteiger partial charge in [0.1, 0.15) is 0 Å². The maximum absolute atomic E-state index is 13.0. The van der Waals surface area contributed by atoms with E-state index in [4.69, 9.17) is 32.5 Å². The lowest BCUT2D eigenvalue weighted by molar-refractivity contribution is 0.183. The van der Waals surface area contributed by atoms with Crippen LogP contribution in [0, 0.1) is 0 Å². The minimum Gasteiger partial charge on any atom is -0.383 e. The number of hydrogen-bond acceptors (Lipinski definition) is 7. The van der Waals surface area contributed by atoms with Gasteiger partial charge in [-0.2, -0.15) is 4.98 Å². The molecule has 7 nitrogen and oxygen atoms in total. The van der Waals surface area contributed by atoms with E-state index in [0.29, 0.717) is 62.3 Å². The third-order valence-corrected chi connectivity index (χ3v) is 5.84. The number of aromatic nitrogens is 4. The van der Waals surface area contributed by atoms with Gasteiger partial charge >= 0.3 is 0 Å². The highest BCUT2D eigenvalue weighted by atomic mass is 35.5. The van der Waals surface area contributed by atoms with Crippen LogP contribution in [0.1, 0.15) is 5.82 Å². The first-order valence-electron chi connectivity index (χ1n) is 8.96. The van der Waals surface area contributed by atoms with Gasteiger partial charge in [-0.15, -0.1) is 0 Å². The highest BCUT2D eigenvalue weighted by Gasteiger charge is 2.15. The number of hydrogen-bond donors (Lipinski definition) is 0. The number of methoxy groups -OCH3 is 1. The van der Waals surface area contributed by atoms with Gasteiger partial charge in [0.05, 0.1) is 40.4 Å². The van der Waals surface area contributed by atoms with Gasteiger partial charge in [0.2, 0.25) is 0 Å². The summed E-state index contributed by atoms with van der Waals surface area (Å²) in [4.78, 5) is 22.0. The Labute approximate surface area is 186 Å². The lowest BCUT2D eigenvalue weighted by atomic mass is 10.2. The molecule has 0 saturated carbocycles. The molecular weight excluding hydrogens is 447 g/mol. The molecule has 0 aliphatic heterocycles. The predicted molar refractivity (Wildman–Crippen MR) is 117 cm³/mol. The Balaban J connectivity index is 1.63. The van der Waals surface area contributed by atoms with Gasteiger partial charge < -0.3 is 9.26 Å². The Morgan fingerprint density at radius 2 is 2.00 bits per heavy atom. The summed E-state index contributed by atoms with van der Waals surface area (Å²) in [6.45, 7) is 0.757. The predicted octanol–water partition coefficient (Wildman–Crippen LogP) is 4.69. The fourth-order valence-electron chi connectivity index (χ4n) is 2.85. The van der Waals surface area contributed by atoms with Crippen LogP contribution in [0.2, 0.25) is 10.0 Å². The molecule has 0 spiro atoms. The van der Waals surface area contributed by atoms with Crippen molar-refractivity contribution in [2.24, 2.45) is 0 Å². The Hall–Kier alpha value is -2.39. The maximum atomic E-state index is 13.0. The van der Waals surface area contributed by atoms with Crippen molar-refractivity contribution in [2.45, 2.75) is 17.5 Å². The van der Waals surface area contributed by atoms with Gasteiger partial charge in [-0.3, -0.25) is 9.36 Å². The van der Waals surface area contributed by atoms with Gasteiger partial charge in [-0.05, 0) is 30.3 Å². The molecule has 154 valence electrons. The van der Waals surface area contributed by atoms with E-state index in [9.17, 15) is 4.79 Å². The highest BCUT2D eigenvalue weighted by molar-refractivity contribution is 7.98. The number of rotatable bonds is 7. The summed E-state index contributed by atoms with van der Waals surface area (Å²) in [5.74, 6) is 1.17. The standard InChI is InChI=1S/C20H16Cl2N4O3S/c1-28-9-8-26-19(27)14-7-6-12(21)10-16(14)23-20(26)30-11-17-24-18(29-25-17)13-4-2-3-5-15(13)22/h2-7,10H,8-9,11H2,1H3. The van der Waals surface area contributed by atoms with Crippen LogP contribution in [-0.2, 0) is 17.0 Å². The van der Waals surface area contributed by atoms with E-state index in [1.165, 1.54) is 11.8 Å². The molecule has 4 rings (SSSR count). The molecule has 0 unspecified atom stereocenters. The second-order valence-corrected chi connectivity index (χ2v) is 8.08. The van der Waals surface area contributed by atoms with Crippen molar-refractivity contribution < 1.29 is 9.26 Å². The van der Waals surface area contributed by atoms with E-state index in [1.54, 1.807) is 35.9 Å². The zero-order valence-corrected chi connectivity index (χ0v) is 18.2. The molecule has 0 N–H and O–H groups in total. The molecule has 0 saturated heterocycles. The summed E-state index contributed by atoms with van der Waals surface area (Å²) >= 11 is 13.6. The average molecular weight is 463 g/mol. The molecule has 0 atom stereocenters. The third-order valence-electron chi connectivity index (χ3n) is 4.30. The number of fused-ring (bicyclic) bond motifs is 1. The molecule has 2 heterocycles. The van der Waals surface area contributed by atoms with Gasteiger partial charge in [-0.1, -0.05) is 52.3 Å². The highest BCUT2D eigenvalue weighted by Crippen LogP contribution is 2.28. The van der Waals surface area contributed by atoms with Crippen molar-refractivity contribution in [1.82, 2.24) is 19.7 Å². The van der Waals surface area contributed by atoms with Crippen LogP contribution >= 0.6 is 35.0 Å². The molecular formula is C20H16Cl2N4O3S. The van der Waals surface area contributed by atoms with Crippen molar-refractivity contribution in [3.63, 3.8) is 0 Å². The van der Waals surface area contributed by atoms with Crippen LogP contribution in [0.4, 0.5) is 0 Å². The lowest BCUT2D eigenvalue weighted by Gasteiger charge is -2.12. The molecule has 10 heteroatoms. The minimum atomic E-state index is -0.152. The fraction of sp³-hybridized carbons (Fsp3) is 0.200. The van der Waals surface area contributed by atoms with Crippen LogP contribution in [0.25, 0.3) is 22.4 Å². The topological polar surface area (TPSA) is 83.0 Å². The number of halogens is 2. The third kappa shape index (κ3) is 4.37. The molecule has 0 fully saturated rings. The average Bonchev–Trinajstić information content (AvgIpc) is 3.20. The van der Waals surface area contributed by atoms with E-state index in [0.717, 1.165) is 0 Å². The summed E-state index contributed by atoms with van der Waals surface area (Å²) in [6.07, 6.45) is 0. The smallest absolute Gasteiger partial charge is 0.262 e. The monoisotopic (exact) mass is 462 g/mol. The second kappa shape index (κ2) is 9.18. The van der Waals surface area contributed by atoms with Gasteiger partial charge in [0, 0.05) is 12.1 Å². The Bertz CT molecular complexity index is 1260. The normalized spacial score (nSPS) is 11.3. The van der Waals surface area contributed by atoms with E-state index in [2.05, 4.69) is 15.1 Å². The van der Waals surface area contributed by atoms with Crippen LogP contribution in [0.5, 0.6) is 0 Å². The van der Waals surface area contributed by atoms with Crippen molar-refractivity contribution in [3.8, 4) is 11.5 Å². The first-order chi connectivity index (χ1) is 14.6. The van der Waals surface area contributed by atoms with Crippen molar-refractivity contribution >= 4 is 45.9 Å². The van der Waals surface area contributed by atoms with Crippen LogP contribution in [0.3, 0.4) is 0 Å². The molecule has 0 bridgehead atoms. The van der Waals surface area contributed by atoms with Crippen molar-refractivity contribution in [3.05, 3.63) is 68.7 Å². The van der Waals surface area contributed by atoms with Gasteiger partial charge in [-0.25, -0.2) is 4.98 Å². The number of thioether (sulfide) groups is 1. The van der Waals surface area contributed by atoms with Gasteiger partial charge in [0.25, 0.3) is 11.4 Å². The second-order valence-electron chi connectivity index (χ2n) is 6.29. The molecule has 2 aromatic carbocycles. The molecule has 2 aromatic heterocycles. The first-order valence-corrected chi connectivity index (χ1v) is 10.7.